The Morgan fingerprint density at radius 3 is 2.78 bits per heavy atom. The molecule has 0 unspecified atom stereocenters. The predicted molar refractivity (Wildman–Crippen MR) is 105 cm³/mol. The van der Waals surface area contributed by atoms with E-state index in [1.54, 1.807) is 6.26 Å². The van der Waals surface area contributed by atoms with E-state index in [0.29, 0.717) is 34.8 Å². The molecule has 1 amide bonds. The van der Waals surface area contributed by atoms with Crippen molar-refractivity contribution >= 4 is 23.4 Å². The number of ether oxygens (including phenoxy) is 1. The van der Waals surface area contributed by atoms with Crippen LogP contribution in [-0.4, -0.2) is 33.0 Å². The summed E-state index contributed by atoms with van der Waals surface area (Å²) in [4.78, 5) is 12.4. The van der Waals surface area contributed by atoms with Crippen LogP contribution in [0.2, 0.25) is 0 Å². The molecule has 0 aliphatic heterocycles. The number of amides is 1. The van der Waals surface area contributed by atoms with Gasteiger partial charge in [-0.1, -0.05) is 23.9 Å². The van der Waals surface area contributed by atoms with Crippen molar-refractivity contribution in [3.05, 3.63) is 42.7 Å². The van der Waals surface area contributed by atoms with Crippen LogP contribution < -0.4 is 10.1 Å². The fourth-order valence-corrected chi connectivity index (χ4v) is 3.45. The van der Waals surface area contributed by atoms with E-state index in [0.717, 1.165) is 0 Å². The van der Waals surface area contributed by atoms with Crippen LogP contribution in [0.25, 0.3) is 11.6 Å². The van der Waals surface area contributed by atoms with Crippen molar-refractivity contribution in [3.63, 3.8) is 0 Å². The van der Waals surface area contributed by atoms with Gasteiger partial charge >= 0.3 is 0 Å². The molecule has 142 valence electrons. The number of rotatable bonds is 8. The van der Waals surface area contributed by atoms with Crippen LogP contribution >= 0.6 is 11.8 Å². The quantitative estimate of drug-likeness (QED) is 0.583. The lowest BCUT2D eigenvalue weighted by atomic mass is 10.3. The number of anilines is 1. The van der Waals surface area contributed by atoms with Gasteiger partial charge in [-0.2, -0.15) is 0 Å². The lowest BCUT2D eigenvalue weighted by Gasteiger charge is -2.13. The first-order valence-corrected chi connectivity index (χ1v) is 9.72. The van der Waals surface area contributed by atoms with Crippen LogP contribution in [0.1, 0.15) is 26.8 Å². The van der Waals surface area contributed by atoms with Crippen LogP contribution in [0.3, 0.4) is 0 Å². The molecule has 2 aromatic heterocycles. The minimum atomic E-state index is -0.134. The molecule has 0 saturated carbocycles. The summed E-state index contributed by atoms with van der Waals surface area (Å²) in [5, 5.41) is 12.0. The molecule has 2 heterocycles. The standard InChI is InChI=1S/C19H22N4O3S/c1-4-25-15-9-6-5-8-14(15)20-17(24)12-27-19-22-21-18(23(19)13(2)3)16-10-7-11-26-16/h5-11,13H,4,12H2,1-3H3,(H,20,24). The number of aromatic nitrogens is 3. The number of benzene rings is 1. The van der Waals surface area contributed by atoms with Gasteiger partial charge in [0.1, 0.15) is 5.75 Å². The van der Waals surface area contributed by atoms with Crippen LogP contribution in [0, 0.1) is 0 Å². The second kappa shape index (κ2) is 8.77. The summed E-state index contributed by atoms with van der Waals surface area (Å²) in [5.41, 5.74) is 0.659. The Balaban J connectivity index is 1.69. The Morgan fingerprint density at radius 2 is 2.07 bits per heavy atom. The van der Waals surface area contributed by atoms with Gasteiger partial charge in [-0.3, -0.25) is 9.36 Å². The number of nitrogens with zero attached hydrogens (tertiary/aromatic N) is 3. The number of hydrogen-bond acceptors (Lipinski definition) is 6. The molecule has 3 rings (SSSR count). The van der Waals surface area contributed by atoms with Crippen molar-refractivity contribution in [2.24, 2.45) is 0 Å². The van der Waals surface area contributed by atoms with E-state index in [-0.39, 0.29) is 17.7 Å². The molecule has 0 bridgehead atoms. The van der Waals surface area contributed by atoms with Gasteiger partial charge in [-0.15, -0.1) is 10.2 Å². The number of nitrogens with one attached hydrogen (secondary N) is 1. The molecule has 0 saturated heterocycles. The molecule has 27 heavy (non-hydrogen) atoms. The SMILES string of the molecule is CCOc1ccccc1NC(=O)CSc1nnc(-c2ccco2)n1C(C)C. The molecule has 0 radical (unpaired) electrons. The molecule has 0 aliphatic carbocycles. The zero-order valence-electron chi connectivity index (χ0n) is 15.5. The first-order chi connectivity index (χ1) is 13.1. The van der Waals surface area contributed by atoms with Crippen LogP contribution in [-0.2, 0) is 4.79 Å². The fraction of sp³-hybridized carbons (Fsp3) is 0.316. The van der Waals surface area contributed by atoms with Crippen LogP contribution in [0.15, 0.2) is 52.2 Å². The van der Waals surface area contributed by atoms with E-state index >= 15 is 0 Å². The molecule has 3 aromatic rings. The van der Waals surface area contributed by atoms with Crippen molar-refractivity contribution in [2.75, 3.05) is 17.7 Å². The molecule has 0 atom stereocenters. The highest BCUT2D eigenvalue weighted by atomic mass is 32.2. The molecule has 1 N–H and O–H groups in total. The monoisotopic (exact) mass is 386 g/mol. The van der Waals surface area contributed by atoms with Crippen molar-refractivity contribution in [1.82, 2.24) is 14.8 Å². The van der Waals surface area contributed by atoms with Crippen LogP contribution in [0.5, 0.6) is 5.75 Å². The number of para-hydroxylation sites is 2. The largest absolute Gasteiger partial charge is 0.492 e. The fourth-order valence-electron chi connectivity index (χ4n) is 2.58. The summed E-state index contributed by atoms with van der Waals surface area (Å²) in [7, 11) is 0. The Bertz CT molecular complexity index is 890. The molecular formula is C19H22N4O3S. The number of carbonyl (C=O) groups is 1. The molecule has 0 fully saturated rings. The van der Waals surface area contributed by atoms with Crippen molar-refractivity contribution < 1.29 is 13.9 Å². The maximum absolute atomic E-state index is 12.4. The zero-order chi connectivity index (χ0) is 19.2. The predicted octanol–water partition coefficient (Wildman–Crippen LogP) is 4.25. The summed E-state index contributed by atoms with van der Waals surface area (Å²) in [6.07, 6.45) is 1.60. The van der Waals surface area contributed by atoms with Crippen molar-refractivity contribution in [2.45, 2.75) is 32.0 Å². The van der Waals surface area contributed by atoms with Gasteiger partial charge in [0.05, 0.1) is 24.3 Å². The van der Waals surface area contributed by atoms with Gasteiger partial charge in [-0.05, 0) is 45.0 Å². The Hall–Kier alpha value is -2.74. The van der Waals surface area contributed by atoms with E-state index in [2.05, 4.69) is 15.5 Å². The molecule has 1 aromatic carbocycles. The summed E-state index contributed by atoms with van der Waals surface area (Å²) >= 11 is 1.33. The highest BCUT2D eigenvalue weighted by Gasteiger charge is 2.19. The smallest absolute Gasteiger partial charge is 0.234 e. The van der Waals surface area contributed by atoms with E-state index in [1.807, 2.05) is 61.7 Å². The topological polar surface area (TPSA) is 82.2 Å². The first-order valence-electron chi connectivity index (χ1n) is 8.73. The average Bonchev–Trinajstić information content (AvgIpc) is 3.31. The Labute approximate surface area is 162 Å². The molecular weight excluding hydrogens is 364 g/mol. The highest BCUT2D eigenvalue weighted by molar-refractivity contribution is 7.99. The Kier molecular flexibility index (Phi) is 6.18. The maximum atomic E-state index is 12.4. The lowest BCUT2D eigenvalue weighted by molar-refractivity contribution is -0.113. The van der Waals surface area contributed by atoms with E-state index in [9.17, 15) is 4.79 Å². The second-order valence-corrected chi connectivity index (χ2v) is 6.96. The minimum Gasteiger partial charge on any atom is -0.492 e. The normalized spacial score (nSPS) is 11.0. The third-order valence-corrected chi connectivity index (χ3v) is 4.66. The van der Waals surface area contributed by atoms with Gasteiger partial charge in [0.2, 0.25) is 11.7 Å². The van der Waals surface area contributed by atoms with Gasteiger partial charge in [0, 0.05) is 6.04 Å². The molecule has 0 spiro atoms. The minimum absolute atomic E-state index is 0.129. The zero-order valence-corrected chi connectivity index (χ0v) is 16.3. The Morgan fingerprint density at radius 1 is 1.26 bits per heavy atom. The van der Waals surface area contributed by atoms with Crippen LogP contribution in [0.4, 0.5) is 5.69 Å². The summed E-state index contributed by atoms with van der Waals surface area (Å²) in [5.74, 6) is 2.04. The summed E-state index contributed by atoms with van der Waals surface area (Å²) in [6.45, 7) is 6.52. The molecule has 0 aliphatic rings. The highest BCUT2D eigenvalue weighted by Crippen LogP contribution is 2.28. The maximum Gasteiger partial charge on any atom is 0.234 e. The third-order valence-electron chi connectivity index (χ3n) is 3.72. The van der Waals surface area contributed by atoms with Gasteiger partial charge in [0.15, 0.2) is 10.9 Å². The second-order valence-electron chi connectivity index (χ2n) is 6.01. The van der Waals surface area contributed by atoms with Crippen molar-refractivity contribution in [1.29, 1.82) is 0 Å². The number of thioether (sulfide) groups is 1. The lowest BCUT2D eigenvalue weighted by Crippen LogP contribution is -2.15. The van der Waals surface area contributed by atoms with Gasteiger partial charge in [-0.25, -0.2) is 0 Å². The average molecular weight is 386 g/mol. The third kappa shape index (κ3) is 4.51. The van der Waals surface area contributed by atoms with Gasteiger partial charge < -0.3 is 14.5 Å². The number of hydrogen-bond donors (Lipinski definition) is 1. The van der Waals surface area contributed by atoms with Gasteiger partial charge in [0.25, 0.3) is 0 Å². The molecule has 7 nitrogen and oxygen atoms in total. The van der Waals surface area contributed by atoms with E-state index in [4.69, 9.17) is 9.15 Å². The molecule has 8 heteroatoms. The van der Waals surface area contributed by atoms with Crippen molar-refractivity contribution in [3.8, 4) is 17.3 Å². The number of furan rings is 1. The summed E-state index contributed by atoms with van der Waals surface area (Å²) in [6, 6.07) is 11.2. The first kappa shape index (κ1) is 19.0. The van der Waals surface area contributed by atoms with E-state index < -0.39 is 0 Å². The summed E-state index contributed by atoms with van der Waals surface area (Å²) < 4.78 is 12.9. The van der Waals surface area contributed by atoms with E-state index in [1.165, 1.54) is 11.8 Å². The number of carbonyl (C=O) groups excluding carboxylic acids is 1.